The molecule has 0 radical (unpaired) electrons. The number of pyridine rings is 1. The van der Waals surface area contributed by atoms with Crippen LogP contribution in [0.15, 0.2) is 60.7 Å². The van der Waals surface area contributed by atoms with Crippen molar-refractivity contribution in [3.05, 3.63) is 60.7 Å². The summed E-state index contributed by atoms with van der Waals surface area (Å²) in [6.07, 6.45) is 0.134. The molecule has 1 aromatic heterocycles. The fraction of sp³-hybridized carbons (Fsp3) is 0.190. The average Bonchev–Trinajstić information content (AvgIpc) is 3.15. The molecule has 2 aromatic carbocycles. The Bertz CT molecular complexity index is 957. The first-order valence-corrected chi connectivity index (χ1v) is 8.55. The van der Waals surface area contributed by atoms with Crippen molar-refractivity contribution in [3.63, 3.8) is 0 Å². The smallest absolute Gasteiger partial charge is 0.321 e. The largest absolute Gasteiger partial charge is 0.497 e. The lowest BCUT2D eigenvalue weighted by Gasteiger charge is -2.05. The Hall–Kier alpha value is -3.25. The van der Waals surface area contributed by atoms with Crippen molar-refractivity contribution in [2.75, 3.05) is 13.7 Å². The van der Waals surface area contributed by atoms with Gasteiger partial charge in [0.25, 0.3) is 0 Å². The number of methoxy groups -OCH3 is 1. The summed E-state index contributed by atoms with van der Waals surface area (Å²) in [7, 11) is 1.67. The first-order valence-electron chi connectivity index (χ1n) is 8.55. The number of carboxylic acid groups (broad SMARTS) is 1. The molecule has 0 saturated carbocycles. The Kier molecular flexibility index (Phi) is 5.78. The maximum atomic E-state index is 10.4. The second-order valence-electron chi connectivity index (χ2n) is 6.14. The SMILES string of the molecule is COc1ccc2ccc(-c3ccccc3)nc2c1.O=C1CN[C@@H](C(=O)O)C1. The first-order chi connectivity index (χ1) is 13.1. The van der Waals surface area contributed by atoms with Crippen LogP contribution >= 0.6 is 0 Å². The predicted octanol–water partition coefficient (Wildman–Crippen LogP) is 2.91. The minimum atomic E-state index is -0.944. The minimum absolute atomic E-state index is 0.0256. The number of hydrogen-bond acceptors (Lipinski definition) is 5. The lowest BCUT2D eigenvalue weighted by molar-refractivity contribution is -0.139. The summed E-state index contributed by atoms with van der Waals surface area (Å²) in [5.74, 6) is -0.136. The quantitative estimate of drug-likeness (QED) is 0.743. The Morgan fingerprint density at radius 1 is 1.15 bits per heavy atom. The van der Waals surface area contributed by atoms with E-state index in [1.54, 1.807) is 7.11 Å². The number of ketones is 1. The van der Waals surface area contributed by atoms with E-state index in [0.717, 1.165) is 27.9 Å². The molecule has 3 aromatic rings. The van der Waals surface area contributed by atoms with Crippen molar-refractivity contribution in [1.82, 2.24) is 10.3 Å². The fourth-order valence-electron chi connectivity index (χ4n) is 2.78. The van der Waals surface area contributed by atoms with Crippen LogP contribution in [0.2, 0.25) is 0 Å². The van der Waals surface area contributed by atoms with Crippen LogP contribution in [0.5, 0.6) is 5.75 Å². The van der Waals surface area contributed by atoms with Crippen LogP contribution in [-0.2, 0) is 9.59 Å². The third-order valence-electron chi connectivity index (χ3n) is 4.24. The molecule has 1 fully saturated rings. The number of aliphatic carboxylic acids is 1. The molecule has 1 saturated heterocycles. The lowest BCUT2D eigenvalue weighted by atomic mass is 10.1. The normalized spacial score (nSPS) is 15.9. The number of aromatic nitrogens is 1. The number of Topliss-reactive ketones (excluding diaryl/α,β-unsaturated/α-hetero) is 1. The van der Waals surface area contributed by atoms with E-state index in [2.05, 4.69) is 28.5 Å². The fourth-order valence-corrected chi connectivity index (χ4v) is 2.78. The van der Waals surface area contributed by atoms with Crippen LogP contribution in [0.3, 0.4) is 0 Å². The molecular weight excluding hydrogens is 344 g/mol. The molecule has 1 atom stereocenters. The first kappa shape index (κ1) is 18.5. The van der Waals surface area contributed by atoms with Crippen molar-refractivity contribution < 1.29 is 19.4 Å². The monoisotopic (exact) mass is 364 g/mol. The number of nitrogens with one attached hydrogen (secondary N) is 1. The highest BCUT2D eigenvalue weighted by atomic mass is 16.5. The summed E-state index contributed by atoms with van der Waals surface area (Å²) in [5, 5.41) is 12.0. The topological polar surface area (TPSA) is 88.5 Å². The van der Waals surface area contributed by atoms with Crippen molar-refractivity contribution in [2.45, 2.75) is 12.5 Å². The number of fused-ring (bicyclic) bond motifs is 1. The van der Waals surface area contributed by atoms with Gasteiger partial charge in [0.2, 0.25) is 0 Å². The summed E-state index contributed by atoms with van der Waals surface area (Å²) in [5.41, 5.74) is 3.06. The molecule has 1 aliphatic rings. The second-order valence-corrected chi connectivity index (χ2v) is 6.14. The van der Waals surface area contributed by atoms with Crippen LogP contribution in [0, 0.1) is 0 Å². The average molecular weight is 364 g/mol. The zero-order chi connectivity index (χ0) is 19.2. The zero-order valence-corrected chi connectivity index (χ0v) is 14.9. The molecule has 0 bridgehead atoms. The zero-order valence-electron chi connectivity index (χ0n) is 14.9. The molecule has 0 unspecified atom stereocenters. The van der Waals surface area contributed by atoms with Gasteiger partial charge in [-0.3, -0.25) is 14.9 Å². The van der Waals surface area contributed by atoms with E-state index in [4.69, 9.17) is 9.84 Å². The van der Waals surface area contributed by atoms with Crippen molar-refractivity contribution in [3.8, 4) is 17.0 Å². The van der Waals surface area contributed by atoms with Crippen LogP contribution in [0.4, 0.5) is 0 Å². The van der Waals surface area contributed by atoms with E-state index < -0.39 is 12.0 Å². The van der Waals surface area contributed by atoms with Gasteiger partial charge in [-0.2, -0.15) is 0 Å². The highest BCUT2D eigenvalue weighted by Crippen LogP contribution is 2.23. The van der Waals surface area contributed by atoms with E-state index in [-0.39, 0.29) is 18.7 Å². The molecule has 4 rings (SSSR count). The van der Waals surface area contributed by atoms with Crippen LogP contribution in [0.25, 0.3) is 22.2 Å². The number of carbonyl (C=O) groups is 2. The number of rotatable bonds is 3. The summed E-state index contributed by atoms with van der Waals surface area (Å²) in [6, 6.07) is 19.6. The van der Waals surface area contributed by atoms with E-state index in [1.807, 2.05) is 42.5 Å². The van der Waals surface area contributed by atoms with Gasteiger partial charge in [0.05, 0.1) is 24.9 Å². The Morgan fingerprint density at radius 3 is 2.48 bits per heavy atom. The van der Waals surface area contributed by atoms with E-state index in [9.17, 15) is 9.59 Å². The molecule has 138 valence electrons. The van der Waals surface area contributed by atoms with Gasteiger partial charge < -0.3 is 9.84 Å². The molecule has 0 spiro atoms. The highest BCUT2D eigenvalue weighted by Gasteiger charge is 2.26. The lowest BCUT2D eigenvalue weighted by Crippen LogP contribution is -2.29. The van der Waals surface area contributed by atoms with E-state index >= 15 is 0 Å². The maximum Gasteiger partial charge on any atom is 0.321 e. The maximum absolute atomic E-state index is 10.4. The summed E-state index contributed by atoms with van der Waals surface area (Å²) >= 11 is 0. The number of hydrogen-bond donors (Lipinski definition) is 2. The number of carboxylic acids is 1. The van der Waals surface area contributed by atoms with Gasteiger partial charge in [0.15, 0.2) is 0 Å². The summed E-state index contributed by atoms with van der Waals surface area (Å²) in [4.78, 5) is 25.2. The van der Waals surface area contributed by atoms with Crippen molar-refractivity contribution in [1.29, 1.82) is 0 Å². The number of benzene rings is 2. The molecule has 2 N–H and O–H groups in total. The molecule has 2 heterocycles. The van der Waals surface area contributed by atoms with Crippen LogP contribution in [0.1, 0.15) is 6.42 Å². The molecule has 6 nitrogen and oxygen atoms in total. The number of nitrogens with zero attached hydrogens (tertiary/aromatic N) is 1. The molecular formula is C21H20N2O4. The van der Waals surface area contributed by atoms with Gasteiger partial charge in [0, 0.05) is 23.4 Å². The van der Waals surface area contributed by atoms with E-state index in [1.165, 1.54) is 0 Å². The third-order valence-corrected chi connectivity index (χ3v) is 4.24. The number of ether oxygens (including phenoxy) is 1. The standard InChI is InChI=1S/C16H13NO.C5H7NO3/c1-18-14-9-7-13-8-10-15(17-16(13)11-14)12-5-3-2-4-6-12;7-3-1-4(5(8)9)6-2-3/h2-11H,1H3;4,6H,1-2H2,(H,8,9)/t;4-/m.1/s1. The van der Waals surface area contributed by atoms with Gasteiger partial charge >= 0.3 is 5.97 Å². The van der Waals surface area contributed by atoms with Gasteiger partial charge in [-0.25, -0.2) is 4.98 Å². The predicted molar refractivity (Wildman–Crippen MR) is 103 cm³/mol. The van der Waals surface area contributed by atoms with Crippen LogP contribution in [-0.4, -0.2) is 41.5 Å². The Balaban J connectivity index is 0.000000197. The molecule has 27 heavy (non-hydrogen) atoms. The summed E-state index contributed by atoms with van der Waals surface area (Å²) in [6.45, 7) is 0.205. The van der Waals surface area contributed by atoms with Gasteiger partial charge in [-0.1, -0.05) is 36.4 Å². The molecule has 6 heteroatoms. The third kappa shape index (κ3) is 4.68. The number of carbonyl (C=O) groups excluding carboxylic acids is 1. The second kappa shape index (κ2) is 8.42. The van der Waals surface area contributed by atoms with Crippen molar-refractivity contribution in [2.24, 2.45) is 0 Å². The molecule has 1 aliphatic heterocycles. The molecule has 0 aliphatic carbocycles. The van der Waals surface area contributed by atoms with Gasteiger partial charge in [-0.15, -0.1) is 0 Å². The Morgan fingerprint density at radius 2 is 1.89 bits per heavy atom. The molecule has 0 amide bonds. The Labute approximate surface area is 156 Å². The van der Waals surface area contributed by atoms with Crippen molar-refractivity contribution >= 4 is 22.7 Å². The van der Waals surface area contributed by atoms with Gasteiger partial charge in [-0.05, 0) is 18.2 Å². The van der Waals surface area contributed by atoms with Gasteiger partial charge in [0.1, 0.15) is 17.6 Å². The highest BCUT2D eigenvalue weighted by molar-refractivity contribution is 5.90. The summed E-state index contributed by atoms with van der Waals surface area (Å²) < 4.78 is 5.23. The van der Waals surface area contributed by atoms with Crippen LogP contribution < -0.4 is 10.1 Å². The van der Waals surface area contributed by atoms with E-state index in [0.29, 0.717) is 0 Å². The minimum Gasteiger partial charge on any atom is -0.497 e.